The number of rotatable bonds is 6. The van der Waals surface area contributed by atoms with Crippen LogP contribution >= 0.6 is 0 Å². The van der Waals surface area contributed by atoms with E-state index in [0.29, 0.717) is 12.5 Å². The minimum absolute atomic E-state index is 0.114. The van der Waals surface area contributed by atoms with Crippen molar-refractivity contribution < 1.29 is 9.59 Å². The molecule has 38 heavy (non-hydrogen) atoms. The molecule has 3 aromatic rings. The molecule has 1 aromatic heterocycles. The molecule has 2 aromatic carbocycles. The Morgan fingerprint density at radius 1 is 0.921 bits per heavy atom. The van der Waals surface area contributed by atoms with Crippen molar-refractivity contribution in [3.05, 3.63) is 66.5 Å². The Morgan fingerprint density at radius 3 is 2.08 bits per heavy atom. The van der Waals surface area contributed by atoms with Gasteiger partial charge in [-0.25, -0.2) is 0 Å². The predicted molar refractivity (Wildman–Crippen MR) is 146 cm³/mol. The van der Waals surface area contributed by atoms with Crippen molar-refractivity contribution in [1.82, 2.24) is 19.6 Å². The van der Waals surface area contributed by atoms with Gasteiger partial charge in [-0.05, 0) is 48.8 Å². The minimum Gasteiger partial charge on any atom is -0.342 e. The Hall–Kier alpha value is -3.74. The zero-order valence-corrected chi connectivity index (χ0v) is 22.1. The lowest BCUT2D eigenvalue weighted by Gasteiger charge is -2.31. The van der Waals surface area contributed by atoms with Crippen LogP contribution in [-0.4, -0.2) is 62.4 Å². The fourth-order valence-corrected chi connectivity index (χ4v) is 6.02. The number of likely N-dealkylation sites (tertiary alicyclic amines) is 1. The maximum atomic E-state index is 13.5. The second-order valence-corrected chi connectivity index (χ2v) is 12.0. The average molecular weight is 508 g/mol. The van der Waals surface area contributed by atoms with Crippen LogP contribution in [0.15, 0.2) is 65.9 Å². The van der Waals surface area contributed by atoms with E-state index >= 15 is 0 Å². The molecule has 1 atom stereocenters. The summed E-state index contributed by atoms with van der Waals surface area (Å²) in [5, 5.41) is 4.26. The van der Waals surface area contributed by atoms with Gasteiger partial charge in [-0.1, -0.05) is 55.5 Å². The number of amides is 2. The molecule has 0 N–H and O–H groups in total. The molecule has 3 fully saturated rings. The summed E-state index contributed by atoms with van der Waals surface area (Å²) < 4.78 is 1.81. The highest BCUT2D eigenvalue weighted by atomic mass is 16.2. The number of hydrogen-bond acceptors (Lipinski definition) is 4. The van der Waals surface area contributed by atoms with Gasteiger partial charge in [0.05, 0.1) is 6.20 Å². The summed E-state index contributed by atoms with van der Waals surface area (Å²) in [5.41, 5.74) is 4.82. The molecule has 0 bridgehead atoms. The van der Waals surface area contributed by atoms with Crippen molar-refractivity contribution in [2.75, 3.05) is 19.6 Å². The molecule has 1 spiro atoms. The molecule has 0 radical (unpaired) electrons. The zero-order chi connectivity index (χ0) is 26.1. The van der Waals surface area contributed by atoms with E-state index in [1.54, 1.807) is 0 Å². The van der Waals surface area contributed by atoms with Crippen LogP contribution in [0.2, 0.25) is 0 Å². The summed E-state index contributed by atoms with van der Waals surface area (Å²) >= 11 is 0. The number of carbonyl (C=O) groups is 2. The molecule has 3 heterocycles. The first-order chi connectivity index (χ1) is 18.3. The maximum Gasteiger partial charge on any atom is 0.256 e. The first kappa shape index (κ1) is 23.4. The molecule has 2 amide bonds. The lowest BCUT2D eigenvalue weighted by molar-refractivity contribution is -0.131. The van der Waals surface area contributed by atoms with E-state index in [0.717, 1.165) is 78.8 Å². The largest absolute Gasteiger partial charge is 0.342 e. The molecule has 2 saturated carbocycles. The SMILES string of the molecule is Cn1cc(-c2ccc(-c3ccc(C4=NC5(CC5)C(=O)N4CC4(C)CCN(C(=O)C5CC5)C4)cc3)cc2)cn1. The average Bonchev–Trinajstić information content (AvgIpc) is 3.83. The zero-order valence-electron chi connectivity index (χ0n) is 22.1. The summed E-state index contributed by atoms with van der Waals surface area (Å²) in [6.45, 7) is 4.34. The number of aryl methyl sites for hydroxylation is 1. The third-order valence-electron chi connectivity index (χ3n) is 8.68. The Balaban J connectivity index is 1.10. The van der Waals surface area contributed by atoms with Gasteiger partial charge in [-0.2, -0.15) is 5.10 Å². The van der Waals surface area contributed by atoms with Gasteiger partial charge in [0.15, 0.2) is 0 Å². The summed E-state index contributed by atoms with van der Waals surface area (Å²) in [6.07, 6.45) is 8.53. The number of carbonyl (C=O) groups excluding carboxylic acids is 2. The fourth-order valence-electron chi connectivity index (χ4n) is 6.02. The lowest BCUT2D eigenvalue weighted by Crippen LogP contribution is -2.45. The molecular formula is C31H33N5O2. The molecular weight excluding hydrogens is 474 g/mol. The van der Waals surface area contributed by atoms with Gasteiger partial charge in [0.2, 0.25) is 5.91 Å². The Morgan fingerprint density at radius 2 is 1.53 bits per heavy atom. The molecule has 7 nitrogen and oxygen atoms in total. The summed E-state index contributed by atoms with van der Waals surface area (Å²) in [4.78, 5) is 35.1. The highest BCUT2D eigenvalue weighted by molar-refractivity contribution is 6.16. The standard InChI is InChI=1S/C31H33N5O2/c1-30(15-16-35(19-30)28(37)25-11-12-25)20-36-27(33-31(13-14-31)29(36)38)24-9-7-22(8-10-24)21-3-5-23(6-4-21)26-17-32-34(2)18-26/h3-10,17-18,25H,11-16,19-20H2,1-2H3. The van der Waals surface area contributed by atoms with Crippen LogP contribution in [0.25, 0.3) is 22.3 Å². The van der Waals surface area contributed by atoms with Crippen molar-refractivity contribution in [3.63, 3.8) is 0 Å². The number of aromatic nitrogens is 2. The van der Waals surface area contributed by atoms with Crippen molar-refractivity contribution in [2.45, 2.75) is 44.6 Å². The van der Waals surface area contributed by atoms with E-state index in [1.165, 1.54) is 0 Å². The van der Waals surface area contributed by atoms with Gasteiger partial charge in [0.25, 0.3) is 5.91 Å². The van der Waals surface area contributed by atoms with Crippen molar-refractivity contribution in [3.8, 4) is 22.3 Å². The van der Waals surface area contributed by atoms with Gasteiger partial charge in [0, 0.05) is 55.3 Å². The van der Waals surface area contributed by atoms with E-state index in [1.807, 2.05) is 33.9 Å². The van der Waals surface area contributed by atoms with Gasteiger partial charge in [-0.15, -0.1) is 0 Å². The Kier molecular flexibility index (Phi) is 5.16. The number of nitrogens with zero attached hydrogens (tertiary/aromatic N) is 5. The van der Waals surface area contributed by atoms with E-state index in [4.69, 9.17) is 4.99 Å². The quantitative estimate of drug-likeness (QED) is 0.492. The number of hydrogen-bond donors (Lipinski definition) is 0. The van der Waals surface area contributed by atoms with Gasteiger partial charge < -0.3 is 4.90 Å². The van der Waals surface area contributed by atoms with Crippen molar-refractivity contribution in [1.29, 1.82) is 0 Å². The first-order valence-corrected chi connectivity index (χ1v) is 13.7. The Labute approximate surface area is 223 Å². The summed E-state index contributed by atoms with van der Waals surface area (Å²) in [5.74, 6) is 1.47. The van der Waals surface area contributed by atoms with Crippen molar-refractivity contribution in [2.24, 2.45) is 23.4 Å². The topological polar surface area (TPSA) is 70.8 Å². The van der Waals surface area contributed by atoms with Crippen LogP contribution < -0.4 is 0 Å². The monoisotopic (exact) mass is 507 g/mol. The van der Waals surface area contributed by atoms with Gasteiger partial charge in [0.1, 0.15) is 11.4 Å². The van der Waals surface area contributed by atoms with Crippen LogP contribution in [0.1, 0.15) is 44.6 Å². The van der Waals surface area contributed by atoms with Crippen LogP contribution in [0.3, 0.4) is 0 Å². The second kappa shape index (κ2) is 8.38. The highest BCUT2D eigenvalue weighted by Crippen LogP contribution is 2.47. The lowest BCUT2D eigenvalue weighted by atomic mass is 9.88. The summed E-state index contributed by atoms with van der Waals surface area (Å²) in [7, 11) is 1.92. The molecule has 7 rings (SSSR count). The second-order valence-electron chi connectivity index (χ2n) is 12.0. The smallest absolute Gasteiger partial charge is 0.256 e. The van der Waals surface area contributed by atoms with Gasteiger partial charge >= 0.3 is 0 Å². The molecule has 2 aliphatic carbocycles. The molecule has 1 saturated heterocycles. The highest BCUT2D eigenvalue weighted by Gasteiger charge is 2.58. The molecule has 194 valence electrons. The van der Waals surface area contributed by atoms with Crippen molar-refractivity contribution >= 4 is 17.6 Å². The van der Waals surface area contributed by atoms with Crippen LogP contribution in [-0.2, 0) is 16.6 Å². The van der Waals surface area contributed by atoms with Crippen LogP contribution in [0.4, 0.5) is 0 Å². The van der Waals surface area contributed by atoms with E-state index in [-0.39, 0.29) is 17.2 Å². The normalized spacial score (nSPS) is 23.8. The first-order valence-electron chi connectivity index (χ1n) is 13.7. The molecule has 2 aliphatic heterocycles. The van der Waals surface area contributed by atoms with E-state index in [2.05, 4.69) is 60.6 Å². The van der Waals surface area contributed by atoms with Crippen LogP contribution in [0, 0.1) is 11.3 Å². The molecule has 4 aliphatic rings. The predicted octanol–water partition coefficient (Wildman–Crippen LogP) is 4.52. The third kappa shape index (κ3) is 4.05. The number of amidine groups is 1. The minimum atomic E-state index is -0.547. The molecule has 1 unspecified atom stereocenters. The van der Waals surface area contributed by atoms with Gasteiger partial charge in [-0.3, -0.25) is 24.2 Å². The van der Waals surface area contributed by atoms with Crippen LogP contribution in [0.5, 0.6) is 0 Å². The third-order valence-corrected chi connectivity index (χ3v) is 8.68. The Bertz CT molecular complexity index is 1450. The van der Waals surface area contributed by atoms with E-state index < -0.39 is 5.54 Å². The molecule has 7 heteroatoms. The maximum absolute atomic E-state index is 13.5. The number of aliphatic imine (C=N–C) groups is 1. The van der Waals surface area contributed by atoms with E-state index in [9.17, 15) is 9.59 Å². The summed E-state index contributed by atoms with van der Waals surface area (Å²) in [6, 6.07) is 16.9. The number of benzene rings is 2. The fraction of sp³-hybridized carbons (Fsp3) is 0.419.